The Morgan fingerprint density at radius 3 is 2.58 bits per heavy atom. The van der Waals surface area contributed by atoms with Gasteiger partial charge in [-0.15, -0.1) is 0 Å². The molecule has 0 spiro atoms. The molecule has 2 rings (SSSR count). The van der Waals surface area contributed by atoms with Crippen LogP contribution in [0.4, 0.5) is 0 Å². The molecular weight excluding hydrogens is 262 g/mol. The Balaban J connectivity index is 1.86. The van der Waals surface area contributed by atoms with Crippen LogP contribution in [0.25, 0.3) is 0 Å². The van der Waals surface area contributed by atoms with E-state index in [1.807, 2.05) is 24.3 Å². The van der Waals surface area contributed by atoms with E-state index in [1.54, 1.807) is 12.1 Å². The Hall–Kier alpha value is -2.00. The SMILES string of the molecule is O=C(NCCc1ccc(Cl)cc1)c1cccc(O)c1. The molecule has 0 heterocycles. The predicted octanol–water partition coefficient (Wildman–Crippen LogP) is 3.02. The average molecular weight is 276 g/mol. The summed E-state index contributed by atoms with van der Waals surface area (Å²) in [6, 6.07) is 13.8. The third-order valence-electron chi connectivity index (χ3n) is 2.72. The van der Waals surface area contributed by atoms with E-state index in [9.17, 15) is 9.90 Å². The molecule has 98 valence electrons. The number of hydrogen-bond acceptors (Lipinski definition) is 2. The number of carbonyl (C=O) groups is 1. The number of carbonyl (C=O) groups excluding carboxylic acids is 1. The lowest BCUT2D eigenvalue weighted by Gasteiger charge is -2.06. The maximum Gasteiger partial charge on any atom is 0.251 e. The van der Waals surface area contributed by atoms with Gasteiger partial charge in [-0.05, 0) is 42.3 Å². The van der Waals surface area contributed by atoms with E-state index < -0.39 is 0 Å². The lowest BCUT2D eigenvalue weighted by molar-refractivity contribution is 0.0953. The van der Waals surface area contributed by atoms with Gasteiger partial charge in [0.2, 0.25) is 0 Å². The van der Waals surface area contributed by atoms with Crippen LogP contribution in [0.15, 0.2) is 48.5 Å². The fraction of sp³-hybridized carbons (Fsp3) is 0.133. The monoisotopic (exact) mass is 275 g/mol. The minimum Gasteiger partial charge on any atom is -0.508 e. The smallest absolute Gasteiger partial charge is 0.251 e. The molecule has 3 nitrogen and oxygen atoms in total. The van der Waals surface area contributed by atoms with Gasteiger partial charge in [0.05, 0.1) is 0 Å². The topological polar surface area (TPSA) is 49.3 Å². The minimum absolute atomic E-state index is 0.0883. The minimum atomic E-state index is -0.190. The quantitative estimate of drug-likeness (QED) is 0.901. The van der Waals surface area contributed by atoms with Crippen LogP contribution in [-0.2, 0) is 6.42 Å². The largest absolute Gasteiger partial charge is 0.508 e. The summed E-state index contributed by atoms with van der Waals surface area (Å²) >= 11 is 5.80. The fourth-order valence-corrected chi connectivity index (χ4v) is 1.85. The molecule has 2 aromatic rings. The van der Waals surface area contributed by atoms with Crippen molar-refractivity contribution < 1.29 is 9.90 Å². The third-order valence-corrected chi connectivity index (χ3v) is 2.97. The molecule has 0 fully saturated rings. The molecule has 0 saturated carbocycles. The number of benzene rings is 2. The first kappa shape index (κ1) is 13.4. The Labute approximate surface area is 116 Å². The molecule has 0 saturated heterocycles. The van der Waals surface area contributed by atoms with Crippen molar-refractivity contribution >= 4 is 17.5 Å². The van der Waals surface area contributed by atoms with Crippen molar-refractivity contribution in [2.45, 2.75) is 6.42 Å². The summed E-state index contributed by atoms with van der Waals surface area (Å²) in [5, 5.41) is 12.8. The fourth-order valence-electron chi connectivity index (χ4n) is 1.72. The van der Waals surface area contributed by atoms with Gasteiger partial charge in [0, 0.05) is 17.1 Å². The van der Waals surface area contributed by atoms with Crippen molar-refractivity contribution in [1.82, 2.24) is 5.32 Å². The van der Waals surface area contributed by atoms with Crippen LogP contribution in [0.3, 0.4) is 0 Å². The van der Waals surface area contributed by atoms with Crippen LogP contribution < -0.4 is 5.32 Å². The van der Waals surface area contributed by atoms with Crippen molar-refractivity contribution in [2.75, 3.05) is 6.54 Å². The van der Waals surface area contributed by atoms with Gasteiger partial charge < -0.3 is 10.4 Å². The first-order valence-electron chi connectivity index (χ1n) is 5.97. The Morgan fingerprint density at radius 2 is 1.89 bits per heavy atom. The van der Waals surface area contributed by atoms with Gasteiger partial charge in [0.1, 0.15) is 5.75 Å². The van der Waals surface area contributed by atoms with Gasteiger partial charge in [-0.25, -0.2) is 0 Å². The molecule has 2 N–H and O–H groups in total. The standard InChI is InChI=1S/C15H14ClNO2/c16-13-6-4-11(5-7-13)8-9-17-15(19)12-2-1-3-14(18)10-12/h1-7,10,18H,8-9H2,(H,17,19). The number of amides is 1. The molecule has 2 aromatic carbocycles. The zero-order valence-electron chi connectivity index (χ0n) is 10.3. The van der Waals surface area contributed by atoms with Crippen LogP contribution in [0.2, 0.25) is 5.02 Å². The molecule has 0 aliphatic carbocycles. The second kappa shape index (κ2) is 6.25. The number of halogens is 1. The summed E-state index contributed by atoms with van der Waals surface area (Å²) in [5.41, 5.74) is 1.57. The summed E-state index contributed by atoms with van der Waals surface area (Å²) in [6.07, 6.45) is 0.738. The lowest BCUT2D eigenvalue weighted by Crippen LogP contribution is -2.25. The van der Waals surface area contributed by atoms with E-state index in [2.05, 4.69) is 5.32 Å². The van der Waals surface area contributed by atoms with E-state index >= 15 is 0 Å². The maximum absolute atomic E-state index is 11.8. The predicted molar refractivity (Wildman–Crippen MR) is 75.6 cm³/mol. The van der Waals surface area contributed by atoms with Crippen LogP contribution in [0.5, 0.6) is 5.75 Å². The molecule has 0 aliphatic heterocycles. The van der Waals surface area contributed by atoms with Crippen LogP contribution in [0, 0.1) is 0 Å². The molecular formula is C15H14ClNO2. The number of phenolic OH excluding ortho intramolecular Hbond substituents is 1. The third kappa shape index (κ3) is 4.00. The van der Waals surface area contributed by atoms with Gasteiger partial charge >= 0.3 is 0 Å². The molecule has 0 aromatic heterocycles. The van der Waals surface area contributed by atoms with E-state index in [-0.39, 0.29) is 11.7 Å². The molecule has 0 aliphatic rings. The molecule has 4 heteroatoms. The summed E-state index contributed by atoms with van der Waals surface area (Å²) in [4.78, 5) is 11.8. The van der Waals surface area contributed by atoms with E-state index in [0.717, 1.165) is 12.0 Å². The Morgan fingerprint density at radius 1 is 1.16 bits per heavy atom. The van der Waals surface area contributed by atoms with Gasteiger partial charge in [-0.1, -0.05) is 29.8 Å². The van der Waals surface area contributed by atoms with Crippen molar-refractivity contribution in [3.8, 4) is 5.75 Å². The first-order chi connectivity index (χ1) is 9.15. The highest BCUT2D eigenvalue weighted by Crippen LogP contribution is 2.11. The number of aromatic hydroxyl groups is 1. The zero-order chi connectivity index (χ0) is 13.7. The number of nitrogens with one attached hydrogen (secondary N) is 1. The van der Waals surface area contributed by atoms with Crippen molar-refractivity contribution in [1.29, 1.82) is 0 Å². The lowest BCUT2D eigenvalue weighted by atomic mass is 10.1. The van der Waals surface area contributed by atoms with Gasteiger partial charge in [-0.2, -0.15) is 0 Å². The molecule has 0 atom stereocenters. The van der Waals surface area contributed by atoms with Crippen LogP contribution in [-0.4, -0.2) is 17.6 Å². The highest BCUT2D eigenvalue weighted by Gasteiger charge is 2.05. The molecule has 0 radical (unpaired) electrons. The van der Waals surface area contributed by atoms with Crippen LogP contribution >= 0.6 is 11.6 Å². The van der Waals surface area contributed by atoms with Gasteiger partial charge in [0.25, 0.3) is 5.91 Å². The van der Waals surface area contributed by atoms with Gasteiger partial charge in [-0.3, -0.25) is 4.79 Å². The second-order valence-electron chi connectivity index (χ2n) is 4.18. The zero-order valence-corrected chi connectivity index (χ0v) is 11.0. The highest BCUT2D eigenvalue weighted by atomic mass is 35.5. The second-order valence-corrected chi connectivity index (χ2v) is 4.62. The van der Waals surface area contributed by atoms with Crippen molar-refractivity contribution in [3.05, 3.63) is 64.7 Å². The molecule has 0 unspecified atom stereocenters. The van der Waals surface area contributed by atoms with Crippen LogP contribution in [0.1, 0.15) is 15.9 Å². The molecule has 1 amide bonds. The summed E-state index contributed by atoms with van der Waals surface area (Å²) in [7, 11) is 0. The van der Waals surface area contributed by atoms with E-state index in [4.69, 9.17) is 11.6 Å². The summed E-state index contributed by atoms with van der Waals surface area (Å²) in [5.74, 6) is -0.102. The Kier molecular flexibility index (Phi) is 4.42. The van der Waals surface area contributed by atoms with Crippen molar-refractivity contribution in [3.63, 3.8) is 0 Å². The molecule has 0 bridgehead atoms. The first-order valence-corrected chi connectivity index (χ1v) is 6.34. The average Bonchev–Trinajstić information content (AvgIpc) is 2.41. The molecule has 19 heavy (non-hydrogen) atoms. The van der Waals surface area contributed by atoms with E-state index in [0.29, 0.717) is 17.1 Å². The Bertz CT molecular complexity index is 567. The number of hydrogen-bond donors (Lipinski definition) is 2. The van der Waals surface area contributed by atoms with E-state index in [1.165, 1.54) is 12.1 Å². The summed E-state index contributed by atoms with van der Waals surface area (Å²) < 4.78 is 0. The summed E-state index contributed by atoms with van der Waals surface area (Å²) in [6.45, 7) is 0.538. The van der Waals surface area contributed by atoms with Crippen molar-refractivity contribution in [2.24, 2.45) is 0 Å². The van der Waals surface area contributed by atoms with Gasteiger partial charge in [0.15, 0.2) is 0 Å². The maximum atomic E-state index is 11.8. The normalized spacial score (nSPS) is 10.2. The number of rotatable bonds is 4. The highest BCUT2D eigenvalue weighted by molar-refractivity contribution is 6.30. The number of phenols is 1.